The fourth-order valence-electron chi connectivity index (χ4n) is 2.80. The first-order valence-corrected chi connectivity index (χ1v) is 9.94. The number of amides is 1. The average Bonchev–Trinajstić information content (AvgIpc) is 2.68. The summed E-state index contributed by atoms with van der Waals surface area (Å²) in [6.45, 7) is 2.37. The summed E-state index contributed by atoms with van der Waals surface area (Å²) in [7, 11) is -2.28. The molecule has 0 aliphatic heterocycles. The summed E-state index contributed by atoms with van der Waals surface area (Å²) in [6.07, 6.45) is 0. The Kier molecular flexibility index (Phi) is 5.32. The van der Waals surface area contributed by atoms with Crippen LogP contribution in [0.25, 0.3) is 10.8 Å². The van der Waals surface area contributed by atoms with Crippen LogP contribution >= 0.6 is 0 Å². The zero-order chi connectivity index (χ0) is 19.4. The fourth-order valence-corrected chi connectivity index (χ4v) is 4.07. The van der Waals surface area contributed by atoms with E-state index in [1.807, 2.05) is 19.1 Å². The molecule has 0 saturated heterocycles. The van der Waals surface area contributed by atoms with Crippen LogP contribution in [0.5, 0.6) is 5.75 Å². The monoisotopic (exact) mass is 384 g/mol. The molecule has 7 heteroatoms. The molecule has 3 aromatic rings. The molecule has 0 fully saturated rings. The third kappa shape index (κ3) is 3.88. The molecule has 3 aromatic carbocycles. The van der Waals surface area contributed by atoms with Gasteiger partial charge < -0.3 is 10.1 Å². The first-order chi connectivity index (χ1) is 13.0. The van der Waals surface area contributed by atoms with Gasteiger partial charge in [0.05, 0.1) is 11.5 Å². The largest absolute Gasteiger partial charge is 0.493 e. The number of anilines is 1. The first kappa shape index (κ1) is 18.7. The van der Waals surface area contributed by atoms with Crippen molar-refractivity contribution in [3.05, 3.63) is 66.2 Å². The second kappa shape index (κ2) is 7.67. The van der Waals surface area contributed by atoms with Crippen molar-refractivity contribution >= 4 is 32.4 Å². The molecule has 0 radical (unpaired) electrons. The van der Waals surface area contributed by atoms with Gasteiger partial charge in [0.2, 0.25) is 0 Å². The van der Waals surface area contributed by atoms with Crippen LogP contribution in [0, 0.1) is 0 Å². The van der Waals surface area contributed by atoms with E-state index in [2.05, 4.69) is 10.0 Å². The number of hydrogen-bond acceptors (Lipinski definition) is 4. The molecule has 140 valence electrons. The van der Waals surface area contributed by atoms with Crippen molar-refractivity contribution < 1.29 is 17.9 Å². The molecule has 1 amide bonds. The number of ether oxygens (including phenoxy) is 1. The van der Waals surface area contributed by atoms with Crippen molar-refractivity contribution in [2.75, 3.05) is 18.4 Å². The van der Waals surface area contributed by atoms with Crippen LogP contribution in [0.3, 0.4) is 0 Å². The number of sulfonamides is 1. The molecule has 0 saturated carbocycles. The minimum Gasteiger partial charge on any atom is -0.493 e. The zero-order valence-electron chi connectivity index (χ0n) is 15.0. The summed E-state index contributed by atoms with van der Waals surface area (Å²) < 4.78 is 34.0. The normalized spacial score (nSPS) is 11.2. The van der Waals surface area contributed by atoms with Gasteiger partial charge in [0.1, 0.15) is 5.75 Å². The molecule has 0 aliphatic carbocycles. The topological polar surface area (TPSA) is 84.5 Å². The number of nitrogens with one attached hydrogen (secondary N) is 2. The van der Waals surface area contributed by atoms with Gasteiger partial charge in [-0.15, -0.1) is 0 Å². The molecule has 0 unspecified atom stereocenters. The number of rotatable bonds is 6. The summed E-state index contributed by atoms with van der Waals surface area (Å²) in [6, 6.07) is 16.6. The molecule has 0 heterocycles. The predicted molar refractivity (Wildman–Crippen MR) is 106 cm³/mol. The molecular weight excluding hydrogens is 364 g/mol. The Labute approximate surface area is 158 Å². The van der Waals surface area contributed by atoms with Crippen LogP contribution in [-0.2, 0) is 10.0 Å². The van der Waals surface area contributed by atoms with E-state index in [1.165, 1.54) is 13.1 Å². The van der Waals surface area contributed by atoms with E-state index < -0.39 is 10.0 Å². The Morgan fingerprint density at radius 1 is 0.963 bits per heavy atom. The molecule has 0 spiro atoms. The van der Waals surface area contributed by atoms with Gasteiger partial charge in [0, 0.05) is 29.1 Å². The fraction of sp³-hybridized carbons (Fsp3) is 0.150. The molecular formula is C20H20N2O4S. The van der Waals surface area contributed by atoms with Crippen molar-refractivity contribution in [2.45, 2.75) is 11.8 Å². The summed E-state index contributed by atoms with van der Waals surface area (Å²) in [4.78, 5) is 11.8. The van der Waals surface area contributed by atoms with Crippen LogP contribution in [-0.4, -0.2) is 28.0 Å². The second-order valence-corrected chi connectivity index (χ2v) is 7.45. The van der Waals surface area contributed by atoms with Gasteiger partial charge in [0.15, 0.2) is 0 Å². The van der Waals surface area contributed by atoms with E-state index in [0.717, 1.165) is 5.39 Å². The van der Waals surface area contributed by atoms with Gasteiger partial charge in [0.25, 0.3) is 15.9 Å². The summed E-state index contributed by atoms with van der Waals surface area (Å²) >= 11 is 0. The van der Waals surface area contributed by atoms with E-state index >= 15 is 0 Å². The number of carbonyl (C=O) groups excluding carboxylic acids is 1. The van der Waals surface area contributed by atoms with Crippen molar-refractivity contribution in [2.24, 2.45) is 0 Å². The molecule has 3 rings (SSSR count). The molecule has 0 bridgehead atoms. The number of benzene rings is 3. The SMILES string of the molecule is CCOc1ccc(S(=O)(=O)Nc2ccc(C(=O)NC)cc2)c2ccccc12. The maximum atomic E-state index is 12.9. The molecule has 0 aromatic heterocycles. The number of hydrogen-bond donors (Lipinski definition) is 2. The third-order valence-electron chi connectivity index (χ3n) is 4.06. The van der Waals surface area contributed by atoms with E-state index in [9.17, 15) is 13.2 Å². The van der Waals surface area contributed by atoms with Crippen LogP contribution in [0.2, 0.25) is 0 Å². The predicted octanol–water partition coefficient (Wildman–Crippen LogP) is 3.40. The molecule has 0 aliphatic rings. The Morgan fingerprint density at radius 2 is 1.63 bits per heavy atom. The molecule has 27 heavy (non-hydrogen) atoms. The van der Waals surface area contributed by atoms with Crippen molar-refractivity contribution in [3.63, 3.8) is 0 Å². The highest BCUT2D eigenvalue weighted by molar-refractivity contribution is 7.93. The molecule has 6 nitrogen and oxygen atoms in total. The highest BCUT2D eigenvalue weighted by Crippen LogP contribution is 2.32. The maximum absolute atomic E-state index is 12.9. The van der Waals surface area contributed by atoms with Crippen LogP contribution < -0.4 is 14.8 Å². The number of carbonyl (C=O) groups is 1. The minimum absolute atomic E-state index is 0.164. The van der Waals surface area contributed by atoms with E-state index in [1.54, 1.807) is 42.5 Å². The van der Waals surface area contributed by atoms with E-state index in [-0.39, 0.29) is 10.8 Å². The Hall–Kier alpha value is -3.06. The average molecular weight is 384 g/mol. The maximum Gasteiger partial charge on any atom is 0.262 e. The minimum atomic E-state index is -3.82. The lowest BCUT2D eigenvalue weighted by Crippen LogP contribution is -2.18. The van der Waals surface area contributed by atoms with Gasteiger partial charge >= 0.3 is 0 Å². The Bertz CT molecular complexity index is 1080. The van der Waals surface area contributed by atoms with Crippen molar-refractivity contribution in [3.8, 4) is 5.75 Å². The third-order valence-corrected chi connectivity index (χ3v) is 5.50. The quantitative estimate of drug-likeness (QED) is 0.682. The summed E-state index contributed by atoms with van der Waals surface area (Å²) in [5.41, 5.74) is 0.826. The highest BCUT2D eigenvalue weighted by atomic mass is 32.2. The Morgan fingerprint density at radius 3 is 2.26 bits per heavy atom. The highest BCUT2D eigenvalue weighted by Gasteiger charge is 2.19. The lowest BCUT2D eigenvalue weighted by Gasteiger charge is -2.13. The van der Waals surface area contributed by atoms with E-state index in [4.69, 9.17) is 4.74 Å². The second-order valence-electron chi connectivity index (χ2n) is 5.80. The van der Waals surface area contributed by atoms with Gasteiger partial charge in [-0.2, -0.15) is 0 Å². The number of fused-ring (bicyclic) bond motifs is 1. The van der Waals surface area contributed by atoms with Crippen LogP contribution in [0.1, 0.15) is 17.3 Å². The summed E-state index contributed by atoms with van der Waals surface area (Å²) in [5.74, 6) is 0.406. The lowest BCUT2D eigenvalue weighted by atomic mass is 10.1. The van der Waals surface area contributed by atoms with Gasteiger partial charge in [-0.3, -0.25) is 9.52 Å². The zero-order valence-corrected chi connectivity index (χ0v) is 15.8. The summed E-state index contributed by atoms with van der Waals surface area (Å²) in [5, 5.41) is 3.84. The van der Waals surface area contributed by atoms with Gasteiger partial charge in [-0.05, 0) is 43.3 Å². The van der Waals surface area contributed by atoms with Crippen molar-refractivity contribution in [1.82, 2.24) is 5.32 Å². The smallest absolute Gasteiger partial charge is 0.262 e. The van der Waals surface area contributed by atoms with Gasteiger partial charge in [-0.25, -0.2) is 8.42 Å². The van der Waals surface area contributed by atoms with Crippen molar-refractivity contribution in [1.29, 1.82) is 0 Å². The Balaban J connectivity index is 1.98. The van der Waals surface area contributed by atoms with Gasteiger partial charge in [-0.1, -0.05) is 24.3 Å². The standard InChI is InChI=1S/C20H20N2O4S/c1-3-26-18-12-13-19(17-7-5-4-6-16(17)18)27(24,25)22-15-10-8-14(9-11-15)20(23)21-2/h4-13,22H,3H2,1-2H3,(H,21,23). The first-order valence-electron chi connectivity index (χ1n) is 8.46. The van der Waals surface area contributed by atoms with E-state index in [0.29, 0.717) is 29.0 Å². The molecule has 0 atom stereocenters. The molecule has 2 N–H and O–H groups in total. The lowest BCUT2D eigenvalue weighted by molar-refractivity contribution is 0.0963. The van der Waals surface area contributed by atoms with Crippen LogP contribution in [0.4, 0.5) is 5.69 Å². The van der Waals surface area contributed by atoms with Crippen LogP contribution in [0.15, 0.2) is 65.6 Å².